The minimum absolute atomic E-state index is 0.0690. The van der Waals surface area contributed by atoms with Crippen molar-refractivity contribution in [3.63, 3.8) is 0 Å². The van der Waals surface area contributed by atoms with E-state index >= 15 is 0 Å². The molecule has 2 aromatic rings. The van der Waals surface area contributed by atoms with Crippen LogP contribution in [0, 0.1) is 11.8 Å². The zero-order valence-electron chi connectivity index (χ0n) is 15.3. The van der Waals surface area contributed by atoms with Crippen LogP contribution >= 0.6 is 0 Å². The van der Waals surface area contributed by atoms with Crippen LogP contribution in [0.25, 0.3) is 16.6 Å². The van der Waals surface area contributed by atoms with Gasteiger partial charge < -0.3 is 19.4 Å². The maximum Gasteiger partial charge on any atom is 0.552 e. The second-order valence-corrected chi connectivity index (χ2v) is 9.74. The molecule has 1 aliphatic carbocycles. The van der Waals surface area contributed by atoms with Crippen molar-refractivity contribution < 1.29 is 22.8 Å². The minimum Gasteiger partial charge on any atom is -0.531 e. The molecule has 2 aromatic heterocycles. The Balaban J connectivity index is 1.28. The summed E-state index contributed by atoms with van der Waals surface area (Å²) in [7, 11) is -4.29. The van der Waals surface area contributed by atoms with Gasteiger partial charge in [-0.1, -0.05) is 0 Å². The maximum atomic E-state index is 12.3. The number of pyridine rings is 1. The Labute approximate surface area is 163 Å². The van der Waals surface area contributed by atoms with Gasteiger partial charge in [0.25, 0.3) is 0 Å². The molecule has 8 nitrogen and oxygen atoms in total. The summed E-state index contributed by atoms with van der Waals surface area (Å²) in [5.41, 5.74) is 2.71. The van der Waals surface area contributed by atoms with Crippen LogP contribution in [0.3, 0.4) is 0 Å². The van der Waals surface area contributed by atoms with E-state index in [0.29, 0.717) is 44.1 Å². The second-order valence-electron chi connectivity index (χ2n) is 7.86. The Morgan fingerprint density at radius 3 is 2.93 bits per heavy atom. The van der Waals surface area contributed by atoms with Crippen molar-refractivity contribution in [2.24, 2.45) is 11.8 Å². The van der Waals surface area contributed by atoms with Crippen LogP contribution in [0.5, 0.6) is 5.75 Å². The Bertz CT molecular complexity index is 1030. The quantitative estimate of drug-likeness (QED) is 0.623. The molecule has 5 rings (SSSR count). The highest BCUT2D eigenvalue weighted by molar-refractivity contribution is 7.89. The summed E-state index contributed by atoms with van der Waals surface area (Å²) >= 11 is 0. The summed E-state index contributed by atoms with van der Waals surface area (Å²) in [6.07, 6.45) is 5.50. The molecule has 0 unspecified atom stereocenters. The predicted molar refractivity (Wildman–Crippen MR) is 105 cm³/mol. The van der Waals surface area contributed by atoms with Crippen molar-refractivity contribution in [1.82, 2.24) is 14.7 Å². The topological polar surface area (TPSA) is 114 Å². The molecule has 3 aliphatic rings. The molecule has 0 aromatic carbocycles. The number of hydrogen-bond acceptors (Lipinski definition) is 6. The number of hydrogen-bond donors (Lipinski definition) is 3. The van der Waals surface area contributed by atoms with Gasteiger partial charge >= 0.3 is 7.12 Å². The Morgan fingerprint density at radius 1 is 1.36 bits per heavy atom. The first-order valence-corrected chi connectivity index (χ1v) is 11.2. The van der Waals surface area contributed by atoms with Gasteiger partial charge in [0.15, 0.2) is 0 Å². The normalized spacial score (nSPS) is 24.9. The fraction of sp³-hybridized carbons (Fsp3) is 0.500. The number of ether oxygens (including phenoxy) is 1. The zero-order chi connectivity index (χ0) is 19.3. The molecule has 28 heavy (non-hydrogen) atoms. The highest BCUT2D eigenvalue weighted by Gasteiger charge is 2.39. The van der Waals surface area contributed by atoms with Crippen molar-refractivity contribution in [3.05, 3.63) is 30.0 Å². The molecule has 1 saturated heterocycles. The van der Waals surface area contributed by atoms with E-state index in [0.717, 1.165) is 22.2 Å². The molecule has 0 amide bonds. The van der Waals surface area contributed by atoms with Crippen LogP contribution < -0.4 is 9.38 Å². The van der Waals surface area contributed by atoms with Gasteiger partial charge in [-0.05, 0) is 42.8 Å². The number of aromatic amines is 1. The fourth-order valence-electron chi connectivity index (χ4n) is 4.17. The average Bonchev–Trinajstić information content (AvgIpc) is 3.04. The monoisotopic (exact) mass is 403 g/mol. The standard InChI is InChI=1S/C18H22BN3O5S/c23-19-7-15(17-14-1-3-20-18(14)21-8-16(17)27-19)12-5-13(6-12)22-28(24,25)4-2-11-9-26-10-11/h1,3,7-8,11-13,22-23H,2,4-6,9-10H2,(H,20,21). The van der Waals surface area contributed by atoms with Gasteiger partial charge in [-0.15, -0.1) is 0 Å². The molecular weight excluding hydrogens is 381 g/mol. The number of nitrogens with one attached hydrogen (secondary N) is 2. The van der Waals surface area contributed by atoms with Crippen molar-refractivity contribution in [1.29, 1.82) is 0 Å². The first-order valence-electron chi connectivity index (χ1n) is 9.59. The minimum atomic E-state index is -3.28. The number of rotatable bonds is 6. The lowest BCUT2D eigenvalue weighted by Crippen LogP contribution is -2.46. The molecule has 0 radical (unpaired) electrons. The molecule has 0 bridgehead atoms. The molecule has 10 heteroatoms. The third-order valence-corrected chi connectivity index (χ3v) is 7.30. The van der Waals surface area contributed by atoms with Gasteiger partial charge in [0.05, 0.1) is 25.2 Å². The lowest BCUT2D eigenvalue weighted by molar-refractivity contribution is -0.0327. The van der Waals surface area contributed by atoms with Crippen molar-refractivity contribution in [3.8, 4) is 5.75 Å². The van der Waals surface area contributed by atoms with Crippen molar-refractivity contribution >= 4 is 33.7 Å². The maximum absolute atomic E-state index is 12.3. The molecule has 0 spiro atoms. The smallest absolute Gasteiger partial charge is 0.531 e. The van der Waals surface area contributed by atoms with Gasteiger partial charge in [0, 0.05) is 29.1 Å². The highest BCUT2D eigenvalue weighted by atomic mass is 32.2. The summed E-state index contributed by atoms with van der Waals surface area (Å²) in [5, 5.41) is 11.0. The van der Waals surface area contributed by atoms with Crippen LogP contribution in [-0.2, 0) is 14.8 Å². The van der Waals surface area contributed by atoms with Gasteiger partial charge in [0.2, 0.25) is 10.0 Å². The van der Waals surface area contributed by atoms with Gasteiger partial charge in [0.1, 0.15) is 11.4 Å². The van der Waals surface area contributed by atoms with Crippen molar-refractivity contribution in [2.75, 3.05) is 19.0 Å². The number of aromatic nitrogens is 2. The molecule has 1 saturated carbocycles. The summed E-state index contributed by atoms with van der Waals surface area (Å²) in [5.74, 6) is 2.97. The van der Waals surface area contributed by atoms with E-state index in [1.165, 1.54) is 0 Å². The van der Waals surface area contributed by atoms with E-state index in [9.17, 15) is 13.4 Å². The first kappa shape index (κ1) is 18.2. The SMILES string of the molecule is O=S(=O)(CCC1COC1)NC1CC(C2=CB(O)Oc3cnc4[nH]ccc4c32)C1. The van der Waals surface area contributed by atoms with E-state index in [2.05, 4.69) is 14.7 Å². The number of H-pyrrole nitrogens is 1. The van der Waals surface area contributed by atoms with Gasteiger partial charge in [-0.2, -0.15) is 0 Å². The van der Waals surface area contributed by atoms with Gasteiger partial charge in [-0.25, -0.2) is 18.1 Å². The van der Waals surface area contributed by atoms with E-state index in [1.807, 2.05) is 12.3 Å². The average molecular weight is 403 g/mol. The number of nitrogens with zero attached hydrogens (tertiary/aromatic N) is 1. The van der Waals surface area contributed by atoms with Crippen LogP contribution in [0.4, 0.5) is 0 Å². The lowest BCUT2D eigenvalue weighted by Gasteiger charge is -2.39. The molecule has 0 atom stereocenters. The van der Waals surface area contributed by atoms with Crippen LogP contribution in [0.15, 0.2) is 24.4 Å². The fourth-order valence-corrected chi connectivity index (χ4v) is 5.63. The Morgan fingerprint density at radius 2 is 2.18 bits per heavy atom. The van der Waals surface area contributed by atoms with Crippen LogP contribution in [0.2, 0.25) is 0 Å². The second kappa shape index (κ2) is 6.87. The number of allylic oxidation sites excluding steroid dienone is 1. The summed E-state index contributed by atoms with van der Waals surface area (Å²) in [6.45, 7) is 1.34. The third-order valence-electron chi connectivity index (χ3n) is 5.84. The molecular formula is C18H22BN3O5S. The molecule has 2 aliphatic heterocycles. The molecule has 3 N–H and O–H groups in total. The Kier molecular flexibility index (Phi) is 4.46. The highest BCUT2D eigenvalue weighted by Crippen LogP contribution is 2.46. The summed E-state index contributed by atoms with van der Waals surface area (Å²) in [4.78, 5) is 7.41. The lowest BCUT2D eigenvalue weighted by atomic mass is 9.68. The number of fused-ring (bicyclic) bond motifs is 3. The zero-order valence-corrected chi connectivity index (χ0v) is 16.1. The number of sulfonamides is 1. The van der Waals surface area contributed by atoms with E-state index < -0.39 is 17.1 Å². The Hall–Kier alpha value is -1.88. The molecule has 4 heterocycles. The van der Waals surface area contributed by atoms with Crippen LogP contribution in [-0.4, -0.2) is 55.5 Å². The van der Waals surface area contributed by atoms with E-state index in [-0.39, 0.29) is 17.7 Å². The predicted octanol–water partition coefficient (Wildman–Crippen LogP) is 1.09. The van der Waals surface area contributed by atoms with E-state index in [4.69, 9.17) is 9.39 Å². The van der Waals surface area contributed by atoms with Crippen molar-refractivity contribution in [2.45, 2.75) is 25.3 Å². The van der Waals surface area contributed by atoms with Crippen LogP contribution in [0.1, 0.15) is 24.8 Å². The van der Waals surface area contributed by atoms with E-state index in [1.54, 1.807) is 12.2 Å². The summed E-state index contributed by atoms with van der Waals surface area (Å²) < 4.78 is 38.1. The molecule has 148 valence electrons. The third kappa shape index (κ3) is 3.34. The largest absolute Gasteiger partial charge is 0.552 e. The molecule has 2 fully saturated rings. The summed E-state index contributed by atoms with van der Waals surface area (Å²) in [6, 6.07) is 1.87. The first-order chi connectivity index (χ1) is 13.5. The van der Waals surface area contributed by atoms with Gasteiger partial charge in [-0.3, -0.25) is 0 Å².